The first-order valence-electron chi connectivity index (χ1n) is 4.58. The van der Waals surface area contributed by atoms with E-state index in [4.69, 9.17) is 16.3 Å². The highest BCUT2D eigenvalue weighted by Gasteiger charge is 2.18. The predicted molar refractivity (Wildman–Crippen MR) is 58.9 cm³/mol. The molecule has 16 heavy (non-hydrogen) atoms. The van der Waals surface area contributed by atoms with Gasteiger partial charge in [0.05, 0.1) is 17.7 Å². The van der Waals surface area contributed by atoms with Crippen LogP contribution in [-0.4, -0.2) is 25.5 Å². The summed E-state index contributed by atoms with van der Waals surface area (Å²) in [6.45, 7) is 1.52. The molecule has 0 amide bonds. The molecule has 4 nitrogen and oxygen atoms in total. The predicted octanol–water partition coefficient (Wildman–Crippen LogP) is 2.09. The average molecular weight is 243 g/mol. The van der Waals surface area contributed by atoms with E-state index in [1.807, 2.05) is 0 Å². The largest absolute Gasteiger partial charge is 0.477 e. The summed E-state index contributed by atoms with van der Waals surface area (Å²) in [5, 5.41) is 0.278. The molecule has 0 bridgehead atoms. The van der Waals surface area contributed by atoms with Crippen LogP contribution in [0.5, 0.6) is 5.75 Å². The van der Waals surface area contributed by atoms with Crippen molar-refractivity contribution in [2.45, 2.75) is 13.0 Å². The number of esters is 1. The Hall–Kier alpha value is -1.55. The Morgan fingerprint density at radius 3 is 2.75 bits per heavy atom. The lowest BCUT2D eigenvalue weighted by Gasteiger charge is -2.14. The zero-order valence-corrected chi connectivity index (χ0v) is 9.65. The molecule has 0 aliphatic heterocycles. The molecule has 0 saturated carbocycles. The molecule has 5 heteroatoms. The van der Waals surface area contributed by atoms with Gasteiger partial charge in [0.25, 0.3) is 0 Å². The molecule has 0 spiro atoms. The number of benzene rings is 1. The molecule has 1 rings (SSSR count). The third kappa shape index (κ3) is 2.73. The number of carbonyl (C=O) groups is 2. The number of hydrogen-bond donors (Lipinski definition) is 0. The van der Waals surface area contributed by atoms with Gasteiger partial charge in [-0.15, -0.1) is 0 Å². The number of para-hydroxylation sites is 1. The zero-order valence-electron chi connectivity index (χ0n) is 8.90. The molecule has 0 fully saturated rings. The maximum atomic E-state index is 11.1. The van der Waals surface area contributed by atoms with Crippen LogP contribution < -0.4 is 4.74 Å². The summed E-state index contributed by atoms with van der Waals surface area (Å²) in [6.07, 6.45) is -0.200. The zero-order chi connectivity index (χ0) is 12.1. The summed E-state index contributed by atoms with van der Waals surface area (Å²) in [5.74, 6) is -0.339. The fourth-order valence-corrected chi connectivity index (χ4v) is 1.36. The van der Waals surface area contributed by atoms with E-state index in [2.05, 4.69) is 4.74 Å². The number of carbonyl (C=O) groups excluding carboxylic acids is 2. The summed E-state index contributed by atoms with van der Waals surface area (Å²) >= 11 is 5.86. The highest BCUT2D eigenvalue weighted by atomic mass is 35.5. The van der Waals surface area contributed by atoms with Crippen molar-refractivity contribution in [1.82, 2.24) is 0 Å². The van der Waals surface area contributed by atoms with Gasteiger partial charge < -0.3 is 9.47 Å². The van der Waals surface area contributed by atoms with Crippen molar-refractivity contribution in [2.75, 3.05) is 7.11 Å². The Kier molecular flexibility index (Phi) is 4.31. The second-order valence-corrected chi connectivity index (χ2v) is 3.47. The molecule has 0 N–H and O–H groups in total. The minimum absolute atomic E-state index is 0.192. The van der Waals surface area contributed by atoms with Crippen LogP contribution in [0, 0.1) is 0 Å². The van der Waals surface area contributed by atoms with Crippen molar-refractivity contribution in [3.8, 4) is 5.75 Å². The number of rotatable bonds is 4. The number of aldehydes is 1. The molecule has 1 aromatic rings. The van der Waals surface area contributed by atoms with Crippen molar-refractivity contribution < 1.29 is 19.1 Å². The summed E-state index contributed by atoms with van der Waals surface area (Å²) in [5.41, 5.74) is 0.295. The van der Waals surface area contributed by atoms with E-state index in [1.165, 1.54) is 14.0 Å². The maximum absolute atomic E-state index is 11.1. The first kappa shape index (κ1) is 12.5. The Labute approximate surface area is 98.1 Å². The topological polar surface area (TPSA) is 52.6 Å². The highest BCUT2D eigenvalue weighted by molar-refractivity contribution is 6.32. The maximum Gasteiger partial charge on any atom is 0.346 e. The molecular formula is C11H11ClO4. The van der Waals surface area contributed by atoms with Gasteiger partial charge in [-0.1, -0.05) is 17.7 Å². The second kappa shape index (κ2) is 5.51. The molecule has 0 heterocycles. The minimum atomic E-state index is -0.816. The molecule has 1 unspecified atom stereocenters. The molecule has 0 aliphatic rings. The molecule has 0 aromatic heterocycles. The monoisotopic (exact) mass is 242 g/mol. The SMILES string of the molecule is COC(=O)C(C)Oc1c(Cl)cccc1C=O. The van der Waals surface area contributed by atoms with Crippen molar-refractivity contribution in [2.24, 2.45) is 0 Å². The summed E-state index contributed by atoms with van der Waals surface area (Å²) in [6, 6.07) is 4.76. The lowest BCUT2D eigenvalue weighted by atomic mass is 10.2. The highest BCUT2D eigenvalue weighted by Crippen LogP contribution is 2.28. The van der Waals surface area contributed by atoms with Crippen molar-refractivity contribution in [3.63, 3.8) is 0 Å². The first-order chi connectivity index (χ1) is 7.60. The smallest absolute Gasteiger partial charge is 0.346 e. The Morgan fingerprint density at radius 1 is 1.50 bits per heavy atom. The van der Waals surface area contributed by atoms with Gasteiger partial charge in [0, 0.05) is 0 Å². The summed E-state index contributed by atoms with van der Waals surface area (Å²) in [7, 11) is 1.26. The number of halogens is 1. The van der Waals surface area contributed by atoms with E-state index in [0.717, 1.165) is 0 Å². The summed E-state index contributed by atoms with van der Waals surface area (Å²) < 4.78 is 9.78. The number of ether oxygens (including phenoxy) is 2. The lowest BCUT2D eigenvalue weighted by Crippen LogP contribution is -2.25. The average Bonchev–Trinajstić information content (AvgIpc) is 2.30. The van der Waals surface area contributed by atoms with E-state index < -0.39 is 12.1 Å². The fraction of sp³-hybridized carbons (Fsp3) is 0.273. The van der Waals surface area contributed by atoms with Crippen LogP contribution in [0.25, 0.3) is 0 Å². The van der Waals surface area contributed by atoms with Crippen LogP contribution in [-0.2, 0) is 9.53 Å². The molecule has 1 aromatic carbocycles. The van der Waals surface area contributed by atoms with E-state index in [-0.39, 0.29) is 10.8 Å². The second-order valence-electron chi connectivity index (χ2n) is 3.06. The van der Waals surface area contributed by atoms with E-state index in [0.29, 0.717) is 11.8 Å². The van der Waals surface area contributed by atoms with Gasteiger partial charge in [-0.05, 0) is 19.1 Å². The molecule has 1 atom stereocenters. The van der Waals surface area contributed by atoms with Crippen LogP contribution in [0.3, 0.4) is 0 Å². The van der Waals surface area contributed by atoms with Gasteiger partial charge in [-0.2, -0.15) is 0 Å². The van der Waals surface area contributed by atoms with Crippen LogP contribution in [0.15, 0.2) is 18.2 Å². The third-order valence-corrected chi connectivity index (χ3v) is 2.25. The molecule has 0 radical (unpaired) electrons. The quantitative estimate of drug-likeness (QED) is 0.599. The normalized spacial score (nSPS) is 11.7. The van der Waals surface area contributed by atoms with E-state index >= 15 is 0 Å². The minimum Gasteiger partial charge on any atom is -0.477 e. The third-order valence-electron chi connectivity index (χ3n) is 1.95. The van der Waals surface area contributed by atoms with Gasteiger partial charge in [0.1, 0.15) is 5.75 Å². The Morgan fingerprint density at radius 2 is 2.19 bits per heavy atom. The first-order valence-corrected chi connectivity index (χ1v) is 4.96. The molecule has 0 saturated heterocycles. The van der Waals surface area contributed by atoms with Crippen LogP contribution >= 0.6 is 11.6 Å². The summed E-state index contributed by atoms with van der Waals surface area (Å²) in [4.78, 5) is 21.9. The lowest BCUT2D eigenvalue weighted by molar-refractivity contribution is -0.147. The van der Waals surface area contributed by atoms with Gasteiger partial charge in [-0.3, -0.25) is 4.79 Å². The van der Waals surface area contributed by atoms with E-state index in [1.54, 1.807) is 18.2 Å². The van der Waals surface area contributed by atoms with Gasteiger partial charge in [-0.25, -0.2) is 4.79 Å². The number of methoxy groups -OCH3 is 1. The van der Waals surface area contributed by atoms with Gasteiger partial charge in [0.15, 0.2) is 12.4 Å². The molecule has 0 aliphatic carbocycles. The van der Waals surface area contributed by atoms with Crippen LogP contribution in [0.4, 0.5) is 0 Å². The van der Waals surface area contributed by atoms with Gasteiger partial charge in [0.2, 0.25) is 0 Å². The van der Waals surface area contributed by atoms with Crippen molar-refractivity contribution in [1.29, 1.82) is 0 Å². The Bertz CT molecular complexity index is 403. The van der Waals surface area contributed by atoms with E-state index in [9.17, 15) is 9.59 Å². The van der Waals surface area contributed by atoms with Crippen LogP contribution in [0.2, 0.25) is 5.02 Å². The fourth-order valence-electron chi connectivity index (χ4n) is 1.13. The Balaban J connectivity index is 2.96. The molecular weight excluding hydrogens is 232 g/mol. The van der Waals surface area contributed by atoms with Crippen LogP contribution in [0.1, 0.15) is 17.3 Å². The van der Waals surface area contributed by atoms with Crippen molar-refractivity contribution in [3.05, 3.63) is 28.8 Å². The standard InChI is InChI=1S/C11H11ClO4/c1-7(11(14)15-2)16-10-8(6-13)4-3-5-9(10)12/h3-7H,1-2H3. The number of hydrogen-bond acceptors (Lipinski definition) is 4. The molecule has 86 valence electrons. The van der Waals surface area contributed by atoms with Gasteiger partial charge >= 0.3 is 5.97 Å². The van der Waals surface area contributed by atoms with Crippen molar-refractivity contribution >= 4 is 23.9 Å².